The van der Waals surface area contributed by atoms with E-state index in [0.29, 0.717) is 0 Å². The van der Waals surface area contributed by atoms with Crippen LogP contribution in [0.4, 0.5) is 0 Å². The molecule has 0 aromatic carbocycles. The quantitative estimate of drug-likeness (QED) is 0.530. The first-order valence-corrected chi connectivity index (χ1v) is 2.67. The van der Waals surface area contributed by atoms with E-state index in [2.05, 4.69) is 10.3 Å². The van der Waals surface area contributed by atoms with Crippen LogP contribution in [0.5, 0.6) is 0 Å². The van der Waals surface area contributed by atoms with Crippen LogP contribution < -0.4 is 5.48 Å². The molecule has 0 saturated carbocycles. The number of rotatable bonds is 4. The zero-order valence-corrected chi connectivity index (χ0v) is 5.55. The van der Waals surface area contributed by atoms with Gasteiger partial charge in [0, 0.05) is 6.04 Å². The molecule has 0 radical (unpaired) electrons. The predicted octanol–water partition coefficient (Wildman–Crippen LogP) is 0.000600. The van der Waals surface area contributed by atoms with E-state index in [1.165, 1.54) is 7.11 Å². The summed E-state index contributed by atoms with van der Waals surface area (Å²) < 4.78 is 0. The molecule has 0 spiro atoms. The summed E-state index contributed by atoms with van der Waals surface area (Å²) in [6.07, 6.45) is 0.0772. The van der Waals surface area contributed by atoms with Gasteiger partial charge in [0.1, 0.15) is 0 Å². The first-order valence-electron chi connectivity index (χ1n) is 2.67. The fourth-order valence-electron chi connectivity index (χ4n) is 0.505. The van der Waals surface area contributed by atoms with E-state index in [-0.39, 0.29) is 12.5 Å². The number of hydrogen-bond donors (Lipinski definition) is 2. The smallest absolute Gasteiger partial charge is 0.305 e. The van der Waals surface area contributed by atoms with Crippen molar-refractivity contribution in [3.05, 3.63) is 0 Å². The highest BCUT2D eigenvalue weighted by Crippen LogP contribution is 1.87. The van der Waals surface area contributed by atoms with Crippen molar-refractivity contribution >= 4 is 5.97 Å². The molecule has 4 nitrogen and oxygen atoms in total. The van der Waals surface area contributed by atoms with Crippen LogP contribution in [0, 0.1) is 0 Å². The molecule has 1 atom stereocenters. The molecule has 2 N–H and O–H groups in total. The number of carboxylic acid groups (broad SMARTS) is 1. The summed E-state index contributed by atoms with van der Waals surface area (Å²) >= 11 is 0. The summed E-state index contributed by atoms with van der Waals surface area (Å²) in [5.74, 6) is -0.827. The van der Waals surface area contributed by atoms with Crippen LogP contribution in [0.15, 0.2) is 0 Å². The first-order chi connectivity index (χ1) is 4.16. The minimum absolute atomic E-state index is 0.0772. The molecule has 0 saturated heterocycles. The van der Waals surface area contributed by atoms with E-state index in [0.717, 1.165) is 0 Å². The number of aliphatic carboxylic acids is 1. The summed E-state index contributed by atoms with van der Waals surface area (Å²) in [5, 5.41) is 8.21. The van der Waals surface area contributed by atoms with Gasteiger partial charge in [0.25, 0.3) is 0 Å². The van der Waals surface area contributed by atoms with E-state index in [1.807, 2.05) is 0 Å². The maximum Gasteiger partial charge on any atom is 0.305 e. The fourth-order valence-corrected chi connectivity index (χ4v) is 0.505. The number of carboxylic acids is 1. The molecule has 0 amide bonds. The van der Waals surface area contributed by atoms with E-state index in [4.69, 9.17) is 5.11 Å². The lowest BCUT2D eigenvalue weighted by Gasteiger charge is -2.06. The van der Waals surface area contributed by atoms with Gasteiger partial charge in [0.05, 0.1) is 13.5 Å². The second-order valence-corrected chi connectivity index (χ2v) is 1.82. The van der Waals surface area contributed by atoms with Crippen molar-refractivity contribution < 1.29 is 14.7 Å². The van der Waals surface area contributed by atoms with Gasteiger partial charge in [-0.2, -0.15) is 5.48 Å². The molecule has 9 heavy (non-hydrogen) atoms. The van der Waals surface area contributed by atoms with E-state index in [1.54, 1.807) is 6.92 Å². The lowest BCUT2D eigenvalue weighted by atomic mass is 10.3. The van der Waals surface area contributed by atoms with Gasteiger partial charge in [-0.05, 0) is 6.92 Å². The molecule has 4 heteroatoms. The lowest BCUT2D eigenvalue weighted by molar-refractivity contribution is -0.138. The second kappa shape index (κ2) is 4.29. The van der Waals surface area contributed by atoms with Crippen LogP contribution in [0.25, 0.3) is 0 Å². The fraction of sp³-hybridized carbons (Fsp3) is 0.800. The number of nitrogens with one attached hydrogen (secondary N) is 1. The van der Waals surface area contributed by atoms with Crippen LogP contribution >= 0.6 is 0 Å². The Kier molecular flexibility index (Phi) is 4.00. The van der Waals surface area contributed by atoms with Gasteiger partial charge in [-0.1, -0.05) is 0 Å². The Balaban J connectivity index is 3.26. The number of hydrogen-bond acceptors (Lipinski definition) is 3. The lowest BCUT2D eigenvalue weighted by Crippen LogP contribution is -2.27. The molecular weight excluding hydrogens is 122 g/mol. The summed E-state index contributed by atoms with van der Waals surface area (Å²) in [6, 6.07) is -0.132. The minimum atomic E-state index is -0.827. The third-order valence-corrected chi connectivity index (χ3v) is 0.800. The second-order valence-electron chi connectivity index (χ2n) is 1.82. The van der Waals surface area contributed by atoms with Crippen LogP contribution in [0.2, 0.25) is 0 Å². The Morgan fingerprint density at radius 3 is 2.78 bits per heavy atom. The summed E-state index contributed by atoms with van der Waals surface area (Å²) in [7, 11) is 1.46. The molecule has 0 aliphatic heterocycles. The highest BCUT2D eigenvalue weighted by atomic mass is 16.6. The Morgan fingerprint density at radius 1 is 1.89 bits per heavy atom. The molecule has 0 heterocycles. The van der Waals surface area contributed by atoms with E-state index < -0.39 is 5.97 Å². The monoisotopic (exact) mass is 133 g/mol. The van der Waals surface area contributed by atoms with Gasteiger partial charge in [-0.25, -0.2) is 0 Å². The molecule has 0 rings (SSSR count). The molecule has 0 aliphatic carbocycles. The molecular formula is C5H11NO3. The Hall–Kier alpha value is -0.610. The third-order valence-electron chi connectivity index (χ3n) is 0.800. The Bertz CT molecular complexity index is 94.2. The largest absolute Gasteiger partial charge is 0.481 e. The number of hydroxylamine groups is 1. The summed E-state index contributed by atoms with van der Waals surface area (Å²) in [4.78, 5) is 14.5. The van der Waals surface area contributed by atoms with E-state index in [9.17, 15) is 4.79 Å². The molecule has 0 fully saturated rings. The maximum absolute atomic E-state index is 9.99. The van der Waals surface area contributed by atoms with Crippen molar-refractivity contribution in [2.75, 3.05) is 7.11 Å². The average molecular weight is 133 g/mol. The minimum Gasteiger partial charge on any atom is -0.481 e. The van der Waals surface area contributed by atoms with Crippen molar-refractivity contribution in [2.24, 2.45) is 0 Å². The van der Waals surface area contributed by atoms with Crippen LogP contribution in [-0.4, -0.2) is 24.2 Å². The van der Waals surface area contributed by atoms with Crippen molar-refractivity contribution in [3.63, 3.8) is 0 Å². The third kappa shape index (κ3) is 5.26. The van der Waals surface area contributed by atoms with Crippen LogP contribution in [0.3, 0.4) is 0 Å². The molecule has 1 unspecified atom stereocenters. The highest BCUT2D eigenvalue weighted by Gasteiger charge is 2.04. The van der Waals surface area contributed by atoms with Crippen molar-refractivity contribution in [1.82, 2.24) is 5.48 Å². The van der Waals surface area contributed by atoms with Gasteiger partial charge >= 0.3 is 5.97 Å². The van der Waals surface area contributed by atoms with Gasteiger partial charge in [0.15, 0.2) is 0 Å². The van der Waals surface area contributed by atoms with Crippen LogP contribution in [-0.2, 0) is 9.63 Å². The zero-order valence-electron chi connectivity index (χ0n) is 5.55. The van der Waals surface area contributed by atoms with Crippen LogP contribution in [0.1, 0.15) is 13.3 Å². The normalized spacial score (nSPS) is 13.1. The summed E-state index contributed by atoms with van der Waals surface area (Å²) in [6.45, 7) is 1.73. The van der Waals surface area contributed by atoms with Crippen molar-refractivity contribution in [1.29, 1.82) is 0 Å². The number of carbonyl (C=O) groups is 1. The Morgan fingerprint density at radius 2 is 2.44 bits per heavy atom. The van der Waals surface area contributed by atoms with Gasteiger partial charge in [-0.15, -0.1) is 0 Å². The standard InChI is InChI=1S/C5H11NO3/c1-4(6-9-2)3-5(7)8/h4,6H,3H2,1-2H3,(H,7,8). The molecule has 0 aromatic rings. The highest BCUT2D eigenvalue weighted by molar-refractivity contribution is 5.67. The Labute approximate surface area is 53.8 Å². The molecule has 0 aliphatic rings. The maximum atomic E-state index is 9.99. The SMILES string of the molecule is CONC(C)CC(=O)O. The van der Waals surface area contributed by atoms with E-state index >= 15 is 0 Å². The van der Waals surface area contributed by atoms with Gasteiger partial charge in [-0.3, -0.25) is 4.79 Å². The van der Waals surface area contributed by atoms with Gasteiger partial charge < -0.3 is 9.94 Å². The molecule has 54 valence electrons. The topological polar surface area (TPSA) is 58.6 Å². The first kappa shape index (κ1) is 8.39. The molecule has 0 bridgehead atoms. The van der Waals surface area contributed by atoms with Gasteiger partial charge in [0.2, 0.25) is 0 Å². The van der Waals surface area contributed by atoms with Crippen molar-refractivity contribution in [2.45, 2.75) is 19.4 Å². The summed E-state index contributed by atoms with van der Waals surface area (Å²) in [5.41, 5.74) is 2.50. The predicted molar refractivity (Wildman–Crippen MR) is 31.9 cm³/mol. The zero-order chi connectivity index (χ0) is 7.28. The molecule has 0 aromatic heterocycles. The average Bonchev–Trinajstić information content (AvgIpc) is 1.63. The van der Waals surface area contributed by atoms with Crippen molar-refractivity contribution in [3.8, 4) is 0 Å².